The summed E-state index contributed by atoms with van der Waals surface area (Å²) >= 11 is 6.35. The highest BCUT2D eigenvalue weighted by Gasteiger charge is 2.10. The third-order valence-electron chi connectivity index (χ3n) is 2.38. The van der Waals surface area contributed by atoms with Crippen molar-refractivity contribution in [1.29, 1.82) is 0 Å². The molecule has 0 amide bonds. The second-order valence-corrected chi connectivity index (χ2v) is 5.42. The molecule has 1 heterocycles. The van der Waals surface area contributed by atoms with E-state index in [-0.39, 0.29) is 17.7 Å². The average molecular weight is 379 g/mol. The average Bonchev–Trinajstić information content (AvgIpc) is 2.31. The summed E-state index contributed by atoms with van der Waals surface area (Å²) in [6.45, 7) is -0.0273. The van der Waals surface area contributed by atoms with Crippen LogP contribution in [-0.2, 0) is 6.54 Å². The monoisotopic (exact) mass is 377 g/mol. The molecule has 0 atom stereocenters. The first-order chi connectivity index (χ1) is 8.49. The van der Waals surface area contributed by atoms with E-state index >= 15 is 0 Å². The molecule has 0 N–H and O–H groups in total. The third-order valence-corrected chi connectivity index (χ3v) is 3.38. The normalized spacial score (nSPS) is 10.7. The van der Waals surface area contributed by atoms with Gasteiger partial charge in [-0.05, 0) is 44.0 Å². The van der Waals surface area contributed by atoms with Crippen molar-refractivity contribution >= 4 is 31.9 Å². The first-order valence-corrected chi connectivity index (χ1v) is 6.56. The molecule has 2 rings (SSSR count). The molecule has 0 aliphatic carbocycles. The quantitative estimate of drug-likeness (QED) is 0.780. The fraction of sp³-hybridized carbons (Fsp3) is 0.0833. The van der Waals surface area contributed by atoms with Gasteiger partial charge in [0.15, 0.2) is 11.6 Å². The smallest absolute Gasteiger partial charge is 0.265 e. The van der Waals surface area contributed by atoms with Gasteiger partial charge < -0.3 is 4.57 Å². The number of nitrogens with zero attached hydrogens (tertiary/aromatic N) is 1. The maximum absolute atomic E-state index is 13.5. The molecule has 6 heteroatoms. The van der Waals surface area contributed by atoms with Gasteiger partial charge in [0, 0.05) is 16.2 Å². The summed E-state index contributed by atoms with van der Waals surface area (Å²) in [6.07, 6.45) is 1.53. The predicted molar refractivity (Wildman–Crippen MR) is 71.6 cm³/mol. The van der Waals surface area contributed by atoms with Crippen molar-refractivity contribution in [3.05, 3.63) is 67.0 Å². The summed E-state index contributed by atoms with van der Waals surface area (Å²) in [5, 5.41) is 0. The molecule has 0 aliphatic rings. The van der Waals surface area contributed by atoms with E-state index in [1.807, 2.05) is 0 Å². The highest BCUT2D eigenvalue weighted by Crippen LogP contribution is 2.16. The lowest BCUT2D eigenvalue weighted by atomic mass is 10.2. The van der Waals surface area contributed by atoms with Gasteiger partial charge >= 0.3 is 0 Å². The van der Waals surface area contributed by atoms with Crippen molar-refractivity contribution in [2.24, 2.45) is 0 Å². The Labute approximate surface area is 119 Å². The topological polar surface area (TPSA) is 22.0 Å². The second-order valence-electron chi connectivity index (χ2n) is 3.65. The van der Waals surface area contributed by atoms with Gasteiger partial charge in [0.2, 0.25) is 0 Å². The van der Waals surface area contributed by atoms with Crippen LogP contribution in [0.4, 0.5) is 8.78 Å². The number of hydrogen-bond donors (Lipinski definition) is 0. The largest absolute Gasteiger partial charge is 0.309 e. The van der Waals surface area contributed by atoms with Crippen molar-refractivity contribution in [1.82, 2.24) is 4.57 Å². The van der Waals surface area contributed by atoms with Crippen molar-refractivity contribution in [2.45, 2.75) is 6.54 Å². The molecular weight excluding hydrogens is 372 g/mol. The SMILES string of the molecule is O=c1c(Br)cc(Br)cn1Cc1cccc(F)c1F. The summed E-state index contributed by atoms with van der Waals surface area (Å²) in [4.78, 5) is 11.8. The van der Waals surface area contributed by atoms with E-state index in [0.29, 0.717) is 8.95 Å². The molecule has 0 saturated carbocycles. The van der Waals surface area contributed by atoms with E-state index in [4.69, 9.17) is 0 Å². The zero-order valence-electron chi connectivity index (χ0n) is 8.96. The van der Waals surface area contributed by atoms with Gasteiger partial charge in [-0.3, -0.25) is 4.79 Å². The van der Waals surface area contributed by atoms with Gasteiger partial charge in [-0.25, -0.2) is 8.78 Å². The van der Waals surface area contributed by atoms with E-state index in [1.165, 1.54) is 22.9 Å². The maximum Gasteiger partial charge on any atom is 0.265 e. The summed E-state index contributed by atoms with van der Waals surface area (Å²) < 4.78 is 28.9. The first-order valence-electron chi connectivity index (χ1n) is 4.97. The van der Waals surface area contributed by atoms with Crippen molar-refractivity contribution in [3.63, 3.8) is 0 Å². The van der Waals surface area contributed by atoms with E-state index in [2.05, 4.69) is 31.9 Å². The minimum atomic E-state index is -0.930. The molecule has 2 aromatic rings. The molecule has 2 nitrogen and oxygen atoms in total. The Hall–Kier alpha value is -1.01. The van der Waals surface area contributed by atoms with Crippen LogP contribution < -0.4 is 5.56 Å². The highest BCUT2D eigenvalue weighted by molar-refractivity contribution is 9.11. The Morgan fingerprint density at radius 1 is 1.22 bits per heavy atom. The van der Waals surface area contributed by atoms with Crippen molar-refractivity contribution in [2.75, 3.05) is 0 Å². The molecule has 0 saturated heterocycles. The first kappa shape index (κ1) is 13.4. The summed E-state index contributed by atoms with van der Waals surface area (Å²) in [5.74, 6) is -1.85. The molecule has 0 bridgehead atoms. The summed E-state index contributed by atoms with van der Waals surface area (Å²) in [7, 11) is 0. The molecule has 0 fully saturated rings. The number of aromatic nitrogens is 1. The van der Waals surface area contributed by atoms with Crippen LogP contribution >= 0.6 is 31.9 Å². The summed E-state index contributed by atoms with van der Waals surface area (Å²) in [6, 6.07) is 5.49. The molecule has 0 aliphatic heterocycles. The van der Waals surface area contributed by atoms with Gasteiger partial charge in [0.05, 0.1) is 11.0 Å². The molecule has 94 valence electrons. The highest BCUT2D eigenvalue weighted by atomic mass is 79.9. The number of pyridine rings is 1. The van der Waals surface area contributed by atoms with E-state index in [9.17, 15) is 13.6 Å². The molecule has 0 unspecified atom stereocenters. The van der Waals surface area contributed by atoms with Crippen LogP contribution in [0.15, 0.2) is 44.2 Å². The Morgan fingerprint density at radius 3 is 2.67 bits per heavy atom. The minimum Gasteiger partial charge on any atom is -0.309 e. The minimum absolute atomic E-state index is 0.0273. The Morgan fingerprint density at radius 2 is 1.94 bits per heavy atom. The Balaban J connectivity index is 2.46. The zero-order chi connectivity index (χ0) is 13.3. The van der Waals surface area contributed by atoms with Crippen LogP contribution in [0.25, 0.3) is 0 Å². The van der Waals surface area contributed by atoms with Crippen molar-refractivity contribution < 1.29 is 8.78 Å². The lowest BCUT2D eigenvalue weighted by Crippen LogP contribution is -2.21. The molecule has 0 spiro atoms. The lowest BCUT2D eigenvalue weighted by molar-refractivity contribution is 0.494. The van der Waals surface area contributed by atoms with Gasteiger partial charge in [-0.2, -0.15) is 0 Å². The number of halogens is 4. The van der Waals surface area contributed by atoms with Crippen LogP contribution in [0.5, 0.6) is 0 Å². The van der Waals surface area contributed by atoms with Gasteiger partial charge in [-0.1, -0.05) is 12.1 Å². The van der Waals surface area contributed by atoms with Crippen LogP contribution in [0.3, 0.4) is 0 Å². The zero-order valence-corrected chi connectivity index (χ0v) is 12.1. The molecule has 1 aromatic carbocycles. The van der Waals surface area contributed by atoms with Gasteiger partial charge in [-0.15, -0.1) is 0 Å². The van der Waals surface area contributed by atoms with Crippen molar-refractivity contribution in [3.8, 4) is 0 Å². The fourth-order valence-electron chi connectivity index (χ4n) is 1.54. The Bertz CT molecular complexity index is 655. The van der Waals surface area contributed by atoms with Crippen LogP contribution in [0.2, 0.25) is 0 Å². The van der Waals surface area contributed by atoms with Crippen LogP contribution in [0.1, 0.15) is 5.56 Å². The molecule has 18 heavy (non-hydrogen) atoms. The fourth-order valence-corrected chi connectivity index (χ4v) is 2.79. The molecule has 1 aromatic heterocycles. The molecular formula is C12H7Br2F2NO. The Kier molecular flexibility index (Phi) is 3.97. The van der Waals surface area contributed by atoms with E-state index in [0.717, 1.165) is 6.07 Å². The van der Waals surface area contributed by atoms with Crippen LogP contribution in [0, 0.1) is 11.6 Å². The number of rotatable bonds is 2. The van der Waals surface area contributed by atoms with Gasteiger partial charge in [0.1, 0.15) is 0 Å². The summed E-state index contributed by atoms with van der Waals surface area (Å²) in [5.41, 5.74) is -0.177. The second kappa shape index (κ2) is 5.32. The third kappa shape index (κ3) is 2.70. The standard InChI is InChI=1S/C12H7Br2F2NO/c13-8-4-9(14)12(18)17(6-8)5-7-2-1-3-10(15)11(7)16/h1-4,6H,5H2. The van der Waals surface area contributed by atoms with Gasteiger partial charge in [0.25, 0.3) is 5.56 Å². The number of benzene rings is 1. The number of hydrogen-bond acceptors (Lipinski definition) is 1. The molecule has 0 radical (unpaired) electrons. The maximum atomic E-state index is 13.5. The lowest BCUT2D eigenvalue weighted by Gasteiger charge is -2.08. The van der Waals surface area contributed by atoms with Crippen LogP contribution in [-0.4, -0.2) is 4.57 Å². The predicted octanol–water partition coefficient (Wildman–Crippen LogP) is 3.70. The van der Waals surface area contributed by atoms with E-state index in [1.54, 1.807) is 6.07 Å². The van der Waals surface area contributed by atoms with E-state index < -0.39 is 11.6 Å².